The summed E-state index contributed by atoms with van der Waals surface area (Å²) in [5.41, 5.74) is 2.64. The van der Waals surface area contributed by atoms with Gasteiger partial charge in [-0.25, -0.2) is 0 Å². The van der Waals surface area contributed by atoms with Gasteiger partial charge in [-0.1, -0.05) is 12.1 Å². The quantitative estimate of drug-likeness (QED) is 0.897. The molecule has 1 aliphatic rings. The van der Waals surface area contributed by atoms with Gasteiger partial charge in [0.1, 0.15) is 0 Å². The molecular weight excluding hydrogens is 264 g/mol. The Kier molecular flexibility index (Phi) is 3.87. The van der Waals surface area contributed by atoms with Crippen molar-refractivity contribution in [1.82, 2.24) is 5.32 Å². The first-order valence-corrected chi connectivity index (χ1v) is 6.69. The van der Waals surface area contributed by atoms with E-state index in [0.717, 1.165) is 6.54 Å². The molecule has 1 saturated heterocycles. The van der Waals surface area contributed by atoms with Gasteiger partial charge in [-0.2, -0.15) is 0 Å². The van der Waals surface area contributed by atoms with E-state index in [0.29, 0.717) is 6.04 Å². The number of anilines is 1. The van der Waals surface area contributed by atoms with Crippen LogP contribution >= 0.6 is 15.9 Å². The first-order valence-electron chi connectivity index (χ1n) is 5.89. The minimum Gasteiger partial charge on any atom is -0.369 e. The normalized spacial score (nSPS) is 21.2. The highest BCUT2D eigenvalue weighted by Gasteiger charge is 2.20. The fourth-order valence-electron chi connectivity index (χ4n) is 2.31. The molecule has 1 N–H and O–H groups in total. The second-order valence-electron chi connectivity index (χ2n) is 4.48. The molecule has 16 heavy (non-hydrogen) atoms. The molecule has 2 nitrogen and oxygen atoms in total. The number of rotatable bonds is 2. The predicted molar refractivity (Wildman–Crippen MR) is 73.2 cm³/mol. The summed E-state index contributed by atoms with van der Waals surface area (Å²) < 4.78 is 1.24. The van der Waals surface area contributed by atoms with E-state index >= 15 is 0 Å². The first kappa shape index (κ1) is 11.9. The number of likely N-dealkylation sites (N-methyl/N-ethyl adjacent to an activating group) is 1. The molecule has 0 saturated carbocycles. The third kappa shape index (κ3) is 2.41. The summed E-state index contributed by atoms with van der Waals surface area (Å²) in [5.74, 6) is 0. The van der Waals surface area contributed by atoms with E-state index in [1.54, 1.807) is 0 Å². The molecule has 1 unspecified atom stereocenters. The molecule has 0 amide bonds. The van der Waals surface area contributed by atoms with Crippen LogP contribution in [0.2, 0.25) is 0 Å². The van der Waals surface area contributed by atoms with E-state index in [1.165, 1.54) is 35.1 Å². The van der Waals surface area contributed by atoms with Crippen LogP contribution in [0.3, 0.4) is 0 Å². The molecule has 1 aromatic carbocycles. The monoisotopic (exact) mass is 282 g/mol. The molecule has 88 valence electrons. The Labute approximate surface area is 106 Å². The van der Waals surface area contributed by atoms with Crippen molar-refractivity contribution in [1.29, 1.82) is 0 Å². The maximum atomic E-state index is 3.70. The molecule has 0 radical (unpaired) electrons. The van der Waals surface area contributed by atoms with E-state index < -0.39 is 0 Å². The van der Waals surface area contributed by atoms with E-state index in [9.17, 15) is 0 Å². The molecule has 2 rings (SSSR count). The molecule has 1 aromatic rings. The lowest BCUT2D eigenvalue weighted by Crippen LogP contribution is -2.44. The number of hydrogen-bond donors (Lipinski definition) is 1. The zero-order valence-corrected chi connectivity index (χ0v) is 11.5. The third-order valence-electron chi connectivity index (χ3n) is 3.34. The highest BCUT2D eigenvalue weighted by atomic mass is 79.9. The fourth-order valence-corrected chi connectivity index (χ4v) is 2.82. The highest BCUT2D eigenvalue weighted by Crippen LogP contribution is 2.30. The predicted octanol–water partition coefficient (Wildman–Crippen LogP) is 2.95. The van der Waals surface area contributed by atoms with E-state index in [-0.39, 0.29) is 0 Å². The Bertz CT molecular complexity index is 365. The van der Waals surface area contributed by atoms with Crippen LogP contribution in [0.4, 0.5) is 5.69 Å². The first-order chi connectivity index (χ1) is 7.72. The number of nitrogens with zero attached hydrogens (tertiary/aromatic N) is 1. The van der Waals surface area contributed by atoms with Gasteiger partial charge >= 0.3 is 0 Å². The summed E-state index contributed by atoms with van der Waals surface area (Å²) in [6, 6.07) is 7.11. The molecule has 0 bridgehead atoms. The number of nitrogens with one attached hydrogen (secondary N) is 1. The van der Waals surface area contributed by atoms with Crippen molar-refractivity contribution in [3.8, 4) is 0 Å². The van der Waals surface area contributed by atoms with Gasteiger partial charge in [-0.05, 0) is 54.4 Å². The molecular formula is C13H19BrN2. The topological polar surface area (TPSA) is 15.3 Å². The average Bonchev–Trinajstić information content (AvgIpc) is 2.33. The van der Waals surface area contributed by atoms with Crippen molar-refractivity contribution >= 4 is 21.6 Å². The standard InChI is InChI=1S/C13H19BrN2/c1-10-5-3-7-12(13(10)14)16-8-4-6-11(9-16)15-2/h3,5,7,11,15H,4,6,8-9H2,1-2H3. The second kappa shape index (κ2) is 5.19. The Morgan fingerprint density at radius 2 is 2.25 bits per heavy atom. The van der Waals surface area contributed by atoms with Crippen molar-refractivity contribution in [3.05, 3.63) is 28.2 Å². The smallest absolute Gasteiger partial charge is 0.0513 e. The van der Waals surface area contributed by atoms with Gasteiger partial charge in [0.05, 0.1) is 5.69 Å². The number of piperidine rings is 1. The second-order valence-corrected chi connectivity index (χ2v) is 5.27. The van der Waals surface area contributed by atoms with Gasteiger partial charge < -0.3 is 10.2 Å². The van der Waals surface area contributed by atoms with Crippen molar-refractivity contribution in [2.75, 3.05) is 25.0 Å². The van der Waals surface area contributed by atoms with Crippen LogP contribution in [0.1, 0.15) is 18.4 Å². The minimum atomic E-state index is 0.626. The van der Waals surface area contributed by atoms with Crippen LogP contribution in [0.25, 0.3) is 0 Å². The lowest BCUT2D eigenvalue weighted by atomic mass is 10.0. The molecule has 0 spiro atoms. The van der Waals surface area contributed by atoms with Gasteiger partial charge in [0.25, 0.3) is 0 Å². The molecule has 0 aliphatic carbocycles. The lowest BCUT2D eigenvalue weighted by Gasteiger charge is -2.35. The van der Waals surface area contributed by atoms with Crippen LogP contribution in [-0.4, -0.2) is 26.2 Å². The van der Waals surface area contributed by atoms with Crippen LogP contribution in [-0.2, 0) is 0 Å². The molecule has 1 fully saturated rings. The molecule has 1 heterocycles. The largest absolute Gasteiger partial charge is 0.369 e. The fraction of sp³-hybridized carbons (Fsp3) is 0.538. The number of benzene rings is 1. The van der Waals surface area contributed by atoms with E-state index in [1.807, 2.05) is 0 Å². The van der Waals surface area contributed by atoms with Crippen LogP contribution in [0.15, 0.2) is 22.7 Å². The Balaban J connectivity index is 2.20. The zero-order chi connectivity index (χ0) is 11.5. The molecule has 0 aromatic heterocycles. The molecule has 1 aliphatic heterocycles. The number of aryl methyl sites for hydroxylation is 1. The third-order valence-corrected chi connectivity index (χ3v) is 4.37. The maximum absolute atomic E-state index is 3.70. The van der Waals surface area contributed by atoms with E-state index in [4.69, 9.17) is 0 Å². The van der Waals surface area contributed by atoms with Crippen LogP contribution in [0, 0.1) is 6.92 Å². The van der Waals surface area contributed by atoms with Crippen LogP contribution < -0.4 is 10.2 Å². The van der Waals surface area contributed by atoms with Crippen molar-refractivity contribution < 1.29 is 0 Å². The Morgan fingerprint density at radius 1 is 1.44 bits per heavy atom. The van der Waals surface area contributed by atoms with Gasteiger partial charge in [0, 0.05) is 23.6 Å². The maximum Gasteiger partial charge on any atom is 0.0513 e. The summed E-state index contributed by atoms with van der Waals surface area (Å²) in [7, 11) is 2.06. The molecule has 3 heteroatoms. The van der Waals surface area contributed by atoms with Crippen molar-refractivity contribution in [2.45, 2.75) is 25.8 Å². The average molecular weight is 283 g/mol. The van der Waals surface area contributed by atoms with Gasteiger partial charge in [0.15, 0.2) is 0 Å². The van der Waals surface area contributed by atoms with Crippen molar-refractivity contribution in [2.24, 2.45) is 0 Å². The molecule has 1 atom stereocenters. The summed E-state index contributed by atoms with van der Waals surface area (Å²) in [5, 5.41) is 3.38. The highest BCUT2D eigenvalue weighted by molar-refractivity contribution is 9.10. The Morgan fingerprint density at radius 3 is 3.00 bits per heavy atom. The Hall–Kier alpha value is -0.540. The summed E-state index contributed by atoms with van der Waals surface area (Å²) >= 11 is 3.70. The van der Waals surface area contributed by atoms with Crippen molar-refractivity contribution in [3.63, 3.8) is 0 Å². The SMILES string of the molecule is CNC1CCCN(c2cccc(C)c2Br)C1. The van der Waals surface area contributed by atoms with Crippen LogP contribution in [0.5, 0.6) is 0 Å². The van der Waals surface area contributed by atoms with Gasteiger partial charge in [-0.15, -0.1) is 0 Å². The van der Waals surface area contributed by atoms with E-state index in [2.05, 4.69) is 58.3 Å². The zero-order valence-electron chi connectivity index (χ0n) is 9.96. The van der Waals surface area contributed by atoms with Gasteiger partial charge in [-0.3, -0.25) is 0 Å². The summed E-state index contributed by atoms with van der Waals surface area (Å²) in [6.45, 7) is 4.42. The lowest BCUT2D eigenvalue weighted by molar-refractivity contribution is 0.449. The minimum absolute atomic E-state index is 0.626. The summed E-state index contributed by atoms with van der Waals surface area (Å²) in [6.07, 6.45) is 2.56. The number of hydrogen-bond acceptors (Lipinski definition) is 2. The summed E-state index contributed by atoms with van der Waals surface area (Å²) in [4.78, 5) is 2.47. The number of halogens is 1. The van der Waals surface area contributed by atoms with Gasteiger partial charge in [0.2, 0.25) is 0 Å².